The number of aromatic nitrogens is 1. The number of nitrogens with zero attached hydrogens (tertiary/aromatic N) is 2. The van der Waals surface area contributed by atoms with E-state index in [1.165, 1.54) is 6.20 Å². The van der Waals surface area contributed by atoms with E-state index >= 15 is 0 Å². The van der Waals surface area contributed by atoms with E-state index in [-0.39, 0.29) is 5.91 Å². The minimum Gasteiger partial charge on any atom is -0.397 e. The van der Waals surface area contributed by atoms with Gasteiger partial charge in [0.15, 0.2) is 0 Å². The Bertz CT molecular complexity index is 352. The Morgan fingerprint density at radius 3 is 2.94 bits per heavy atom. The monoisotopic (exact) mass is 222 g/mol. The van der Waals surface area contributed by atoms with Crippen LogP contribution >= 0.6 is 0 Å². The summed E-state index contributed by atoms with van der Waals surface area (Å²) < 4.78 is 0. The number of nitrogens with two attached hydrogens (primary N) is 1. The van der Waals surface area contributed by atoms with E-state index in [0.717, 1.165) is 13.0 Å². The van der Waals surface area contributed by atoms with E-state index in [0.29, 0.717) is 17.8 Å². The van der Waals surface area contributed by atoms with Gasteiger partial charge in [-0.2, -0.15) is 0 Å². The lowest BCUT2D eigenvalue weighted by Crippen LogP contribution is -2.27. The fraction of sp³-hybridized carbons (Fsp3) is 0.455. The molecule has 0 aliphatic heterocycles. The molecule has 0 aromatic carbocycles. The Hall–Kier alpha value is -1.62. The van der Waals surface area contributed by atoms with Crippen molar-refractivity contribution in [1.82, 2.24) is 15.2 Å². The highest BCUT2D eigenvalue weighted by Crippen LogP contribution is 2.07. The van der Waals surface area contributed by atoms with E-state index in [2.05, 4.69) is 15.2 Å². The van der Waals surface area contributed by atoms with Gasteiger partial charge < -0.3 is 16.0 Å². The zero-order valence-electron chi connectivity index (χ0n) is 9.73. The average molecular weight is 222 g/mol. The molecule has 0 bridgehead atoms. The molecular formula is C11H18N4O. The topological polar surface area (TPSA) is 71.2 Å². The second-order valence-electron chi connectivity index (χ2n) is 3.88. The van der Waals surface area contributed by atoms with Gasteiger partial charge in [-0.1, -0.05) is 0 Å². The van der Waals surface area contributed by atoms with Crippen molar-refractivity contribution in [1.29, 1.82) is 0 Å². The Kier molecular flexibility index (Phi) is 4.72. The van der Waals surface area contributed by atoms with Gasteiger partial charge >= 0.3 is 0 Å². The van der Waals surface area contributed by atoms with Crippen LogP contribution < -0.4 is 11.1 Å². The minimum atomic E-state index is -0.140. The largest absolute Gasteiger partial charge is 0.397 e. The summed E-state index contributed by atoms with van der Waals surface area (Å²) in [5.41, 5.74) is 6.54. The van der Waals surface area contributed by atoms with Crippen LogP contribution in [-0.2, 0) is 0 Å². The van der Waals surface area contributed by atoms with Crippen LogP contribution in [0, 0.1) is 0 Å². The normalized spacial score (nSPS) is 10.4. The first-order valence-electron chi connectivity index (χ1n) is 5.23. The second-order valence-corrected chi connectivity index (χ2v) is 3.88. The first-order chi connectivity index (χ1) is 7.61. The maximum Gasteiger partial charge on any atom is 0.253 e. The number of rotatable bonds is 5. The van der Waals surface area contributed by atoms with E-state index < -0.39 is 0 Å². The lowest BCUT2D eigenvalue weighted by atomic mass is 10.2. The first-order valence-corrected chi connectivity index (χ1v) is 5.23. The molecule has 88 valence electrons. The number of hydrogen-bond donors (Lipinski definition) is 2. The highest BCUT2D eigenvalue weighted by Gasteiger charge is 2.07. The van der Waals surface area contributed by atoms with Gasteiger partial charge in [0.05, 0.1) is 17.4 Å². The number of nitrogen functional groups attached to an aromatic ring is 1. The molecule has 0 aliphatic carbocycles. The van der Waals surface area contributed by atoms with E-state index in [4.69, 9.17) is 5.73 Å². The zero-order valence-corrected chi connectivity index (χ0v) is 9.73. The Morgan fingerprint density at radius 2 is 2.31 bits per heavy atom. The van der Waals surface area contributed by atoms with E-state index in [1.807, 2.05) is 14.1 Å². The molecule has 0 fully saturated rings. The molecule has 1 heterocycles. The first kappa shape index (κ1) is 12.4. The van der Waals surface area contributed by atoms with Crippen molar-refractivity contribution in [2.45, 2.75) is 6.42 Å². The van der Waals surface area contributed by atoms with Crippen molar-refractivity contribution in [3.8, 4) is 0 Å². The van der Waals surface area contributed by atoms with Crippen LogP contribution in [0.5, 0.6) is 0 Å². The van der Waals surface area contributed by atoms with Gasteiger partial charge in [0.25, 0.3) is 5.91 Å². The maximum absolute atomic E-state index is 11.7. The molecule has 0 saturated carbocycles. The molecule has 1 rings (SSSR count). The van der Waals surface area contributed by atoms with Crippen LogP contribution in [0.3, 0.4) is 0 Å². The number of carbonyl (C=O) groups excluding carboxylic acids is 1. The number of carbonyl (C=O) groups is 1. The van der Waals surface area contributed by atoms with Crippen molar-refractivity contribution in [2.75, 3.05) is 32.9 Å². The van der Waals surface area contributed by atoms with Crippen LogP contribution in [0.2, 0.25) is 0 Å². The average Bonchev–Trinajstić information content (AvgIpc) is 2.24. The summed E-state index contributed by atoms with van der Waals surface area (Å²) in [7, 11) is 4.01. The molecule has 1 aromatic heterocycles. The third kappa shape index (κ3) is 3.86. The molecule has 1 amide bonds. The third-order valence-electron chi connectivity index (χ3n) is 2.16. The van der Waals surface area contributed by atoms with Crippen LogP contribution in [0.1, 0.15) is 16.8 Å². The number of pyridine rings is 1. The molecule has 0 spiro atoms. The quantitative estimate of drug-likeness (QED) is 0.705. The summed E-state index contributed by atoms with van der Waals surface area (Å²) in [5, 5.41) is 2.82. The molecule has 0 atom stereocenters. The van der Waals surface area contributed by atoms with Crippen LogP contribution in [0.25, 0.3) is 0 Å². The van der Waals surface area contributed by atoms with Crippen molar-refractivity contribution >= 4 is 11.6 Å². The highest BCUT2D eigenvalue weighted by molar-refractivity contribution is 5.98. The fourth-order valence-electron chi connectivity index (χ4n) is 1.31. The minimum absolute atomic E-state index is 0.140. The van der Waals surface area contributed by atoms with Crippen LogP contribution in [0.4, 0.5) is 5.69 Å². The molecule has 1 aromatic rings. The molecule has 0 saturated heterocycles. The van der Waals surface area contributed by atoms with Gasteiger partial charge in [0.1, 0.15) is 0 Å². The SMILES string of the molecule is CN(C)CCCNC(=O)c1ccncc1N. The van der Waals surface area contributed by atoms with Gasteiger partial charge in [-0.05, 0) is 33.1 Å². The van der Waals surface area contributed by atoms with Crippen molar-refractivity contribution in [3.63, 3.8) is 0 Å². The van der Waals surface area contributed by atoms with Gasteiger partial charge in [0.2, 0.25) is 0 Å². The molecule has 0 unspecified atom stereocenters. The predicted molar refractivity (Wildman–Crippen MR) is 64.2 cm³/mol. The second kappa shape index (κ2) is 6.07. The summed E-state index contributed by atoms with van der Waals surface area (Å²) >= 11 is 0. The molecule has 0 aliphatic rings. The highest BCUT2D eigenvalue weighted by atomic mass is 16.1. The van der Waals surface area contributed by atoms with Crippen molar-refractivity contribution in [2.24, 2.45) is 0 Å². The van der Waals surface area contributed by atoms with Crippen LogP contribution in [-0.4, -0.2) is 43.0 Å². The van der Waals surface area contributed by atoms with Gasteiger partial charge in [-0.3, -0.25) is 9.78 Å². The Labute approximate surface area is 95.7 Å². The zero-order chi connectivity index (χ0) is 12.0. The summed E-state index contributed by atoms with van der Waals surface area (Å²) in [6, 6.07) is 1.62. The summed E-state index contributed by atoms with van der Waals surface area (Å²) in [4.78, 5) is 17.6. The number of hydrogen-bond acceptors (Lipinski definition) is 4. The maximum atomic E-state index is 11.7. The van der Waals surface area contributed by atoms with E-state index in [9.17, 15) is 4.79 Å². The third-order valence-corrected chi connectivity index (χ3v) is 2.16. The lowest BCUT2D eigenvalue weighted by molar-refractivity contribution is 0.0953. The molecule has 5 heteroatoms. The number of amides is 1. The van der Waals surface area contributed by atoms with Gasteiger partial charge in [-0.25, -0.2) is 0 Å². The van der Waals surface area contributed by atoms with Crippen LogP contribution in [0.15, 0.2) is 18.5 Å². The number of anilines is 1. The molecule has 5 nitrogen and oxygen atoms in total. The smallest absolute Gasteiger partial charge is 0.253 e. The fourth-order valence-corrected chi connectivity index (χ4v) is 1.31. The molecular weight excluding hydrogens is 204 g/mol. The Morgan fingerprint density at radius 1 is 1.56 bits per heavy atom. The van der Waals surface area contributed by atoms with Gasteiger partial charge in [-0.15, -0.1) is 0 Å². The summed E-state index contributed by atoms with van der Waals surface area (Å²) in [6.45, 7) is 1.60. The lowest BCUT2D eigenvalue weighted by Gasteiger charge is -2.10. The number of nitrogens with one attached hydrogen (secondary N) is 1. The molecule has 3 N–H and O–H groups in total. The predicted octanol–water partition coefficient (Wildman–Crippen LogP) is 0.345. The summed E-state index contributed by atoms with van der Waals surface area (Å²) in [5.74, 6) is -0.140. The molecule has 0 radical (unpaired) electrons. The van der Waals surface area contributed by atoms with Gasteiger partial charge in [0, 0.05) is 12.7 Å². The van der Waals surface area contributed by atoms with Crippen molar-refractivity contribution < 1.29 is 4.79 Å². The standard InChI is InChI=1S/C11H18N4O/c1-15(2)7-3-5-14-11(16)9-4-6-13-8-10(9)12/h4,6,8H,3,5,7,12H2,1-2H3,(H,14,16). The Balaban J connectivity index is 2.39. The van der Waals surface area contributed by atoms with E-state index in [1.54, 1.807) is 12.3 Å². The van der Waals surface area contributed by atoms with Crippen molar-refractivity contribution in [3.05, 3.63) is 24.0 Å². The molecule has 16 heavy (non-hydrogen) atoms. The summed E-state index contributed by atoms with van der Waals surface area (Å²) in [6.07, 6.45) is 3.96.